The second-order valence-electron chi connectivity index (χ2n) is 6.21. The summed E-state index contributed by atoms with van der Waals surface area (Å²) < 4.78 is 8.23. The Morgan fingerprint density at radius 1 is 1.25 bits per heavy atom. The predicted molar refractivity (Wildman–Crippen MR) is 118 cm³/mol. The SMILES string of the molecule is COc1cccc(-n2c(=S)sc3c(=O)[nH]c(SCc4cccc(C)c4)nc32)c1. The van der Waals surface area contributed by atoms with E-state index in [2.05, 4.69) is 30.1 Å². The Morgan fingerprint density at radius 3 is 2.86 bits per heavy atom. The maximum absolute atomic E-state index is 12.6. The Balaban J connectivity index is 1.76. The number of thiazole rings is 1. The molecular formula is C20H17N3O2S3. The van der Waals surface area contributed by atoms with Gasteiger partial charge in [0.1, 0.15) is 10.4 Å². The molecule has 0 radical (unpaired) electrons. The van der Waals surface area contributed by atoms with Crippen LogP contribution in [0.4, 0.5) is 0 Å². The van der Waals surface area contributed by atoms with Gasteiger partial charge < -0.3 is 9.72 Å². The van der Waals surface area contributed by atoms with Gasteiger partial charge in [0.15, 0.2) is 14.8 Å². The van der Waals surface area contributed by atoms with Crippen LogP contribution in [0.1, 0.15) is 11.1 Å². The molecule has 5 nitrogen and oxygen atoms in total. The van der Waals surface area contributed by atoms with Gasteiger partial charge in [-0.3, -0.25) is 9.36 Å². The molecule has 0 atom stereocenters. The number of aryl methyl sites for hydroxylation is 1. The fraction of sp³-hybridized carbons (Fsp3) is 0.150. The van der Waals surface area contributed by atoms with E-state index < -0.39 is 0 Å². The minimum Gasteiger partial charge on any atom is -0.497 e. The van der Waals surface area contributed by atoms with Gasteiger partial charge in [-0.25, -0.2) is 4.98 Å². The normalized spacial score (nSPS) is 11.1. The maximum atomic E-state index is 12.6. The maximum Gasteiger partial charge on any atom is 0.271 e. The lowest BCUT2D eigenvalue weighted by Crippen LogP contribution is -2.09. The average molecular weight is 428 g/mol. The molecule has 0 amide bonds. The van der Waals surface area contributed by atoms with Crippen LogP contribution in [0, 0.1) is 10.9 Å². The zero-order valence-corrected chi connectivity index (χ0v) is 17.7. The number of fused-ring (bicyclic) bond motifs is 1. The molecule has 2 heterocycles. The zero-order chi connectivity index (χ0) is 19.7. The van der Waals surface area contributed by atoms with Crippen LogP contribution in [0.3, 0.4) is 0 Å². The van der Waals surface area contributed by atoms with Crippen LogP contribution < -0.4 is 10.3 Å². The molecule has 0 saturated carbocycles. The molecule has 0 fully saturated rings. The molecule has 0 aliphatic rings. The third-order valence-electron chi connectivity index (χ3n) is 4.19. The molecule has 4 rings (SSSR count). The molecule has 0 spiro atoms. The largest absolute Gasteiger partial charge is 0.497 e. The van der Waals surface area contributed by atoms with Crippen LogP contribution in [0.25, 0.3) is 16.0 Å². The van der Waals surface area contributed by atoms with E-state index in [1.165, 1.54) is 34.2 Å². The quantitative estimate of drug-likeness (QED) is 0.272. The van der Waals surface area contributed by atoms with Crippen molar-refractivity contribution in [2.24, 2.45) is 0 Å². The number of hydrogen-bond acceptors (Lipinski definition) is 6. The van der Waals surface area contributed by atoms with Gasteiger partial charge in [0.25, 0.3) is 5.56 Å². The van der Waals surface area contributed by atoms with E-state index >= 15 is 0 Å². The Hall–Kier alpha value is -2.42. The standard InChI is InChI=1S/C20H17N3O2S3/c1-12-5-3-6-13(9-12)11-27-19-21-17-16(18(24)22-19)28-20(26)23(17)14-7-4-8-15(10-14)25-2/h3-10H,11H2,1-2H3,(H,21,22,24). The first-order chi connectivity index (χ1) is 13.5. The number of thioether (sulfide) groups is 1. The monoisotopic (exact) mass is 427 g/mol. The summed E-state index contributed by atoms with van der Waals surface area (Å²) in [6.45, 7) is 2.06. The van der Waals surface area contributed by atoms with E-state index in [0.29, 0.717) is 19.5 Å². The summed E-state index contributed by atoms with van der Waals surface area (Å²) >= 11 is 8.27. The lowest BCUT2D eigenvalue weighted by Gasteiger charge is -2.07. The Kier molecular flexibility index (Phi) is 5.34. The molecule has 2 aromatic carbocycles. The van der Waals surface area contributed by atoms with Crippen LogP contribution >= 0.6 is 35.3 Å². The molecule has 0 bridgehead atoms. The number of aromatic nitrogens is 3. The highest BCUT2D eigenvalue weighted by atomic mass is 32.2. The molecular weight excluding hydrogens is 410 g/mol. The number of rotatable bonds is 5. The van der Waals surface area contributed by atoms with Crippen molar-refractivity contribution in [3.63, 3.8) is 0 Å². The number of aromatic amines is 1. The zero-order valence-electron chi connectivity index (χ0n) is 15.3. The number of nitrogens with one attached hydrogen (secondary N) is 1. The van der Waals surface area contributed by atoms with Gasteiger partial charge in [-0.2, -0.15) is 0 Å². The number of ether oxygens (including phenoxy) is 1. The number of H-pyrrole nitrogens is 1. The third kappa shape index (κ3) is 3.76. The highest BCUT2D eigenvalue weighted by molar-refractivity contribution is 7.98. The molecule has 8 heteroatoms. The van der Waals surface area contributed by atoms with E-state index in [-0.39, 0.29) is 5.56 Å². The summed E-state index contributed by atoms with van der Waals surface area (Å²) in [5.41, 5.74) is 3.61. The number of methoxy groups -OCH3 is 1. The Bertz CT molecular complexity index is 1270. The van der Waals surface area contributed by atoms with Crippen LogP contribution in [0.15, 0.2) is 58.5 Å². The van der Waals surface area contributed by atoms with Gasteiger partial charge >= 0.3 is 0 Å². The minimum atomic E-state index is -0.172. The van der Waals surface area contributed by atoms with Crippen LogP contribution in [0.5, 0.6) is 5.75 Å². The lowest BCUT2D eigenvalue weighted by atomic mass is 10.2. The number of nitrogens with zero attached hydrogens (tertiary/aromatic N) is 2. The van der Waals surface area contributed by atoms with Crippen LogP contribution in [-0.2, 0) is 5.75 Å². The van der Waals surface area contributed by atoms with Crippen LogP contribution in [-0.4, -0.2) is 21.6 Å². The summed E-state index contributed by atoms with van der Waals surface area (Å²) in [7, 11) is 1.62. The van der Waals surface area contributed by atoms with E-state index in [1.807, 2.05) is 34.9 Å². The summed E-state index contributed by atoms with van der Waals surface area (Å²) in [5, 5.41) is 0.573. The summed E-state index contributed by atoms with van der Waals surface area (Å²) in [4.78, 5) is 20.2. The molecule has 2 aromatic heterocycles. The van der Waals surface area contributed by atoms with Gasteiger partial charge in [-0.05, 0) is 36.8 Å². The molecule has 0 saturated heterocycles. The van der Waals surface area contributed by atoms with Crippen molar-refractivity contribution in [3.8, 4) is 11.4 Å². The van der Waals surface area contributed by atoms with Gasteiger partial charge in [-0.15, -0.1) is 0 Å². The summed E-state index contributed by atoms with van der Waals surface area (Å²) in [6, 6.07) is 15.9. The summed E-state index contributed by atoms with van der Waals surface area (Å²) in [5.74, 6) is 1.44. The van der Waals surface area contributed by atoms with E-state index in [9.17, 15) is 4.79 Å². The molecule has 28 heavy (non-hydrogen) atoms. The van der Waals surface area contributed by atoms with Crippen molar-refractivity contribution in [1.29, 1.82) is 0 Å². The van der Waals surface area contributed by atoms with Crippen molar-refractivity contribution >= 4 is 45.7 Å². The van der Waals surface area contributed by atoms with Gasteiger partial charge in [0, 0.05) is 11.8 Å². The minimum absolute atomic E-state index is 0.172. The summed E-state index contributed by atoms with van der Waals surface area (Å²) in [6.07, 6.45) is 0. The smallest absolute Gasteiger partial charge is 0.271 e. The van der Waals surface area contributed by atoms with Crippen molar-refractivity contribution in [2.75, 3.05) is 7.11 Å². The van der Waals surface area contributed by atoms with Gasteiger partial charge in [0.05, 0.1) is 12.8 Å². The molecule has 4 aromatic rings. The van der Waals surface area contributed by atoms with E-state index in [1.54, 1.807) is 7.11 Å². The molecule has 1 N–H and O–H groups in total. The second-order valence-corrected chi connectivity index (χ2v) is 8.81. The highest BCUT2D eigenvalue weighted by Gasteiger charge is 2.14. The molecule has 0 aliphatic carbocycles. The number of hydrogen-bond donors (Lipinski definition) is 1. The highest BCUT2D eigenvalue weighted by Crippen LogP contribution is 2.27. The molecule has 142 valence electrons. The fourth-order valence-electron chi connectivity index (χ4n) is 2.89. The van der Waals surface area contributed by atoms with Crippen molar-refractivity contribution in [3.05, 3.63) is 74.0 Å². The van der Waals surface area contributed by atoms with E-state index in [0.717, 1.165) is 17.2 Å². The molecule has 0 unspecified atom stereocenters. The van der Waals surface area contributed by atoms with Crippen molar-refractivity contribution in [2.45, 2.75) is 17.8 Å². The van der Waals surface area contributed by atoms with Gasteiger partial charge in [-0.1, -0.05) is 59.0 Å². The molecule has 0 aliphatic heterocycles. The van der Waals surface area contributed by atoms with Crippen molar-refractivity contribution in [1.82, 2.24) is 14.5 Å². The first-order valence-electron chi connectivity index (χ1n) is 8.54. The predicted octanol–water partition coefficient (Wildman–Crippen LogP) is 5.11. The number of benzene rings is 2. The first-order valence-corrected chi connectivity index (χ1v) is 10.7. The topological polar surface area (TPSA) is 59.9 Å². The lowest BCUT2D eigenvalue weighted by molar-refractivity contribution is 0.414. The van der Waals surface area contributed by atoms with Crippen LogP contribution in [0.2, 0.25) is 0 Å². The average Bonchev–Trinajstić information content (AvgIpc) is 3.03. The van der Waals surface area contributed by atoms with Crippen molar-refractivity contribution < 1.29 is 4.74 Å². The van der Waals surface area contributed by atoms with E-state index in [4.69, 9.17) is 21.9 Å². The second kappa shape index (κ2) is 7.90. The third-order valence-corrected chi connectivity index (χ3v) is 6.50. The van der Waals surface area contributed by atoms with Gasteiger partial charge in [0.2, 0.25) is 0 Å². The Labute approximate surface area is 175 Å². The fourth-order valence-corrected chi connectivity index (χ4v) is 4.96. The Morgan fingerprint density at radius 2 is 2.07 bits per heavy atom. The first kappa shape index (κ1) is 18.9.